The van der Waals surface area contributed by atoms with Crippen LogP contribution in [0.2, 0.25) is 0 Å². The molecule has 3 unspecified atom stereocenters. The van der Waals surface area contributed by atoms with Crippen LogP contribution in [0.15, 0.2) is 60.8 Å². The molecule has 0 aliphatic heterocycles. The van der Waals surface area contributed by atoms with Gasteiger partial charge in [-0.15, -0.1) is 0 Å². The zero-order chi connectivity index (χ0) is 46.7. The van der Waals surface area contributed by atoms with Gasteiger partial charge in [0, 0.05) is 6.42 Å². The largest absolute Gasteiger partial charge is 0.462 e. The lowest BCUT2D eigenvalue weighted by molar-refractivity contribution is -0.150. The summed E-state index contributed by atoms with van der Waals surface area (Å²) in [5, 5.41) is 23.8. The number of nitrogens with one attached hydrogen (secondary N) is 1. The number of carbonyl (C=O) groups is 2. The van der Waals surface area contributed by atoms with Crippen molar-refractivity contribution in [2.45, 2.75) is 289 Å². The molecule has 0 aliphatic carbocycles. The molecule has 0 aromatic rings. The minimum absolute atomic E-state index is 0.0319. The summed E-state index contributed by atoms with van der Waals surface area (Å²) in [5.74, 6) is -0.584. The third kappa shape index (κ3) is 46.1. The van der Waals surface area contributed by atoms with Crippen molar-refractivity contribution in [3.8, 4) is 0 Å². The van der Waals surface area contributed by atoms with Gasteiger partial charge in [0.2, 0.25) is 5.91 Å². The SMILES string of the molecule is CCCCCCC/C=C/C=C/C=C/CCCCCC(CC(=O)NC(CO)C(O)CCCCCCCCCCCCCCCCCC)OC(=O)CC/C=C/C/C=C\CCCCCCCC. The van der Waals surface area contributed by atoms with Crippen molar-refractivity contribution >= 4 is 11.9 Å². The fourth-order valence-electron chi connectivity index (χ4n) is 8.19. The Morgan fingerprint density at radius 3 is 1.33 bits per heavy atom. The predicted molar refractivity (Wildman–Crippen MR) is 278 cm³/mol. The standard InChI is InChI=1S/C58H105NO5/c1-4-7-10-13-16-19-22-25-27-29-32-34-37-40-43-46-49-54(64-58(63)51-48-45-42-39-36-31-24-21-18-15-12-9-6-3)52-57(62)59-55(53-60)56(61)50-47-44-41-38-35-33-30-28-26-23-20-17-14-11-8-5-2/h22,25,27,29,31-32,34,36,42,45,54-56,60-61H,4-21,23-24,26,28,30,33,35,37-41,43-44,46-53H2,1-3H3,(H,59,62)/b25-22+,29-27+,34-32+,36-31-,45-42+. The van der Waals surface area contributed by atoms with Crippen molar-refractivity contribution in [1.82, 2.24) is 5.32 Å². The smallest absolute Gasteiger partial charge is 0.306 e. The van der Waals surface area contributed by atoms with Gasteiger partial charge in [0.25, 0.3) is 0 Å². The minimum Gasteiger partial charge on any atom is -0.462 e. The minimum atomic E-state index is -0.807. The zero-order valence-corrected chi connectivity index (χ0v) is 42.4. The van der Waals surface area contributed by atoms with Gasteiger partial charge in [0.05, 0.1) is 25.2 Å². The van der Waals surface area contributed by atoms with Crippen LogP contribution in [-0.4, -0.2) is 46.9 Å². The van der Waals surface area contributed by atoms with Gasteiger partial charge >= 0.3 is 5.97 Å². The molecule has 0 radical (unpaired) electrons. The Kier molecular flexibility index (Phi) is 49.6. The van der Waals surface area contributed by atoms with E-state index in [2.05, 4.69) is 80.8 Å². The first-order chi connectivity index (χ1) is 31.5. The van der Waals surface area contributed by atoms with Gasteiger partial charge in [-0.3, -0.25) is 9.59 Å². The molecule has 6 nitrogen and oxygen atoms in total. The van der Waals surface area contributed by atoms with E-state index in [1.54, 1.807) is 0 Å². The van der Waals surface area contributed by atoms with Gasteiger partial charge in [-0.1, -0.05) is 248 Å². The van der Waals surface area contributed by atoms with Crippen molar-refractivity contribution in [2.75, 3.05) is 6.61 Å². The molecule has 0 aromatic heterocycles. The van der Waals surface area contributed by atoms with Gasteiger partial charge in [0.15, 0.2) is 0 Å². The van der Waals surface area contributed by atoms with E-state index < -0.39 is 18.2 Å². The number of carbonyl (C=O) groups excluding carboxylic acids is 2. The third-order valence-electron chi connectivity index (χ3n) is 12.4. The number of hydrogen-bond donors (Lipinski definition) is 3. The summed E-state index contributed by atoms with van der Waals surface area (Å²) in [5.41, 5.74) is 0. The van der Waals surface area contributed by atoms with Crippen molar-refractivity contribution in [3.63, 3.8) is 0 Å². The summed E-state index contributed by atoms with van der Waals surface area (Å²) in [6.07, 6.45) is 64.3. The van der Waals surface area contributed by atoms with Crippen molar-refractivity contribution < 1.29 is 24.5 Å². The fourth-order valence-corrected chi connectivity index (χ4v) is 8.19. The highest BCUT2D eigenvalue weighted by Gasteiger charge is 2.24. The van der Waals surface area contributed by atoms with Crippen LogP contribution in [0.1, 0.15) is 271 Å². The van der Waals surface area contributed by atoms with Crippen LogP contribution in [-0.2, 0) is 14.3 Å². The molecule has 372 valence electrons. The molecule has 0 saturated carbocycles. The Hall–Kier alpha value is -2.44. The van der Waals surface area contributed by atoms with Crippen molar-refractivity contribution in [1.29, 1.82) is 0 Å². The predicted octanol–water partition coefficient (Wildman–Crippen LogP) is 16.8. The second-order valence-electron chi connectivity index (χ2n) is 18.7. The highest BCUT2D eigenvalue weighted by molar-refractivity contribution is 5.77. The summed E-state index contributed by atoms with van der Waals surface area (Å²) in [4.78, 5) is 26.1. The van der Waals surface area contributed by atoms with E-state index in [-0.39, 0.29) is 31.3 Å². The number of unbranched alkanes of at least 4 members (excludes halogenated alkanes) is 29. The normalized spacial score (nSPS) is 13.6. The van der Waals surface area contributed by atoms with E-state index in [4.69, 9.17) is 4.74 Å². The Labute approximate surface area is 397 Å². The maximum atomic E-state index is 13.2. The maximum absolute atomic E-state index is 13.2. The Morgan fingerprint density at radius 2 is 0.859 bits per heavy atom. The Morgan fingerprint density at radius 1 is 0.469 bits per heavy atom. The van der Waals surface area contributed by atoms with Crippen molar-refractivity contribution in [3.05, 3.63) is 60.8 Å². The molecule has 1 amide bonds. The number of allylic oxidation sites excluding steroid dienone is 10. The third-order valence-corrected chi connectivity index (χ3v) is 12.4. The van der Waals surface area contributed by atoms with Crippen LogP contribution >= 0.6 is 0 Å². The monoisotopic (exact) mass is 896 g/mol. The van der Waals surface area contributed by atoms with Gasteiger partial charge in [-0.05, 0) is 70.6 Å². The molecular formula is C58H105NO5. The lowest BCUT2D eigenvalue weighted by Crippen LogP contribution is -2.46. The average molecular weight is 896 g/mol. The summed E-state index contributed by atoms with van der Waals surface area (Å²) >= 11 is 0. The number of hydrogen-bond acceptors (Lipinski definition) is 5. The average Bonchev–Trinajstić information content (AvgIpc) is 3.29. The van der Waals surface area contributed by atoms with E-state index >= 15 is 0 Å². The molecule has 0 aromatic carbocycles. The summed E-state index contributed by atoms with van der Waals surface area (Å²) in [6.45, 7) is 6.45. The van der Waals surface area contributed by atoms with E-state index in [0.29, 0.717) is 19.3 Å². The molecule has 0 aliphatic rings. The first-order valence-electron chi connectivity index (χ1n) is 27.5. The van der Waals surface area contributed by atoms with Crippen molar-refractivity contribution in [2.24, 2.45) is 0 Å². The molecule has 0 rings (SSSR count). The molecule has 3 atom stereocenters. The van der Waals surface area contributed by atoms with Gasteiger partial charge in [-0.25, -0.2) is 0 Å². The highest BCUT2D eigenvalue weighted by atomic mass is 16.5. The first kappa shape index (κ1) is 61.6. The van der Waals surface area contributed by atoms with Crippen LogP contribution in [0.5, 0.6) is 0 Å². The number of aliphatic hydroxyl groups excluding tert-OH is 2. The second-order valence-corrected chi connectivity index (χ2v) is 18.7. The number of aliphatic hydroxyl groups is 2. The van der Waals surface area contributed by atoms with Crippen LogP contribution in [0.4, 0.5) is 0 Å². The van der Waals surface area contributed by atoms with Crippen LogP contribution in [0.25, 0.3) is 0 Å². The van der Waals surface area contributed by atoms with E-state index in [0.717, 1.165) is 64.2 Å². The molecule has 6 heteroatoms. The summed E-state index contributed by atoms with van der Waals surface area (Å²) in [7, 11) is 0. The van der Waals surface area contributed by atoms with Crippen LogP contribution in [0, 0.1) is 0 Å². The molecule has 3 N–H and O–H groups in total. The zero-order valence-electron chi connectivity index (χ0n) is 42.4. The lowest BCUT2D eigenvalue weighted by atomic mass is 10.0. The number of rotatable bonds is 49. The van der Waals surface area contributed by atoms with Crippen LogP contribution < -0.4 is 5.32 Å². The van der Waals surface area contributed by atoms with E-state index in [1.165, 1.54) is 154 Å². The van der Waals surface area contributed by atoms with Gasteiger partial charge in [-0.2, -0.15) is 0 Å². The highest BCUT2D eigenvalue weighted by Crippen LogP contribution is 2.17. The van der Waals surface area contributed by atoms with Gasteiger partial charge in [0.1, 0.15) is 6.10 Å². The van der Waals surface area contributed by atoms with Crippen LogP contribution in [0.3, 0.4) is 0 Å². The maximum Gasteiger partial charge on any atom is 0.306 e. The lowest BCUT2D eigenvalue weighted by Gasteiger charge is -2.24. The Balaban J connectivity index is 4.67. The molecular weight excluding hydrogens is 791 g/mol. The molecule has 0 saturated heterocycles. The second kappa shape index (κ2) is 51.5. The number of ether oxygens (including phenoxy) is 1. The molecule has 0 spiro atoms. The Bertz CT molecular complexity index is 1140. The number of esters is 1. The summed E-state index contributed by atoms with van der Waals surface area (Å²) < 4.78 is 5.89. The molecule has 0 fully saturated rings. The quantitative estimate of drug-likeness (QED) is 0.0245. The topological polar surface area (TPSA) is 95.9 Å². The molecule has 0 heterocycles. The number of amides is 1. The van der Waals surface area contributed by atoms with E-state index in [9.17, 15) is 19.8 Å². The van der Waals surface area contributed by atoms with E-state index in [1.807, 2.05) is 6.08 Å². The molecule has 64 heavy (non-hydrogen) atoms. The fraction of sp³-hybridized carbons (Fsp3) is 0.793. The first-order valence-corrected chi connectivity index (χ1v) is 27.5. The van der Waals surface area contributed by atoms with Gasteiger partial charge < -0.3 is 20.3 Å². The molecule has 0 bridgehead atoms. The summed E-state index contributed by atoms with van der Waals surface area (Å²) in [6, 6.07) is -0.725.